The number of nitrogens with zero attached hydrogens (tertiary/aromatic N) is 5. The number of nitrogens with one attached hydrogen (secondary N) is 3. The van der Waals surface area contributed by atoms with Crippen molar-refractivity contribution >= 4 is 35.0 Å². The van der Waals surface area contributed by atoms with Crippen LogP contribution in [-0.4, -0.2) is 83.1 Å². The van der Waals surface area contributed by atoms with Crippen LogP contribution in [0.15, 0.2) is 48.8 Å². The van der Waals surface area contributed by atoms with Gasteiger partial charge in [-0.25, -0.2) is 9.97 Å². The lowest BCUT2D eigenvalue weighted by Crippen LogP contribution is -2.36. The van der Waals surface area contributed by atoms with E-state index in [1.54, 1.807) is 26.6 Å². The maximum absolute atomic E-state index is 11.6. The molecule has 0 radical (unpaired) electrons. The number of rotatable bonds is 13. The molecule has 0 spiro atoms. The molecule has 12 nitrogen and oxygen atoms in total. The lowest BCUT2D eigenvalue weighted by Gasteiger charge is -2.21. The van der Waals surface area contributed by atoms with Crippen molar-refractivity contribution < 1.29 is 19.1 Å². The van der Waals surface area contributed by atoms with Gasteiger partial charge in [0.05, 0.1) is 48.0 Å². The monoisotopic (exact) mass is 704 g/mol. The smallest absolute Gasteiger partial charge is 0.237 e. The molecule has 2 fully saturated rings. The molecule has 2 aromatic heterocycles. The molecule has 2 aliphatic rings. The van der Waals surface area contributed by atoms with Crippen LogP contribution in [0.4, 0.5) is 0 Å². The van der Waals surface area contributed by atoms with E-state index in [0.717, 1.165) is 12.8 Å². The molecule has 256 valence electrons. The van der Waals surface area contributed by atoms with Crippen molar-refractivity contribution in [1.82, 2.24) is 40.8 Å². The van der Waals surface area contributed by atoms with Gasteiger partial charge in [0, 0.05) is 73.4 Å². The first-order chi connectivity index (χ1) is 23.7. The van der Waals surface area contributed by atoms with E-state index in [-0.39, 0.29) is 23.9 Å². The minimum absolute atomic E-state index is 0.0803. The van der Waals surface area contributed by atoms with E-state index in [2.05, 4.69) is 30.8 Å². The van der Waals surface area contributed by atoms with Gasteiger partial charge in [0.2, 0.25) is 23.6 Å². The summed E-state index contributed by atoms with van der Waals surface area (Å²) in [7, 11) is 5.10. The van der Waals surface area contributed by atoms with Crippen molar-refractivity contribution in [3.8, 4) is 45.4 Å². The molecule has 4 heterocycles. The minimum atomic E-state index is 0.0803. The van der Waals surface area contributed by atoms with Crippen LogP contribution in [0.3, 0.4) is 0 Å². The highest BCUT2D eigenvalue weighted by Gasteiger charge is 2.24. The van der Waals surface area contributed by atoms with E-state index >= 15 is 0 Å². The third kappa shape index (κ3) is 7.94. The fraction of sp³-hybridized carbons (Fsp3) is 0.371. The van der Waals surface area contributed by atoms with Gasteiger partial charge in [-0.1, -0.05) is 59.6 Å². The Bertz CT molecular complexity index is 1860. The molecule has 49 heavy (non-hydrogen) atoms. The van der Waals surface area contributed by atoms with Crippen LogP contribution in [0.5, 0.6) is 11.8 Å². The van der Waals surface area contributed by atoms with E-state index in [1.165, 1.54) is 0 Å². The summed E-state index contributed by atoms with van der Waals surface area (Å²) in [5.41, 5.74) is 5.22. The second kappa shape index (κ2) is 15.5. The van der Waals surface area contributed by atoms with Crippen LogP contribution in [-0.2, 0) is 22.7 Å². The van der Waals surface area contributed by atoms with E-state index in [1.807, 2.05) is 43.4 Å². The fourth-order valence-electron chi connectivity index (χ4n) is 6.19. The lowest BCUT2D eigenvalue weighted by molar-refractivity contribution is -0.120. The zero-order valence-corrected chi connectivity index (χ0v) is 29.1. The number of carbonyl (C=O) groups is 2. The van der Waals surface area contributed by atoms with Gasteiger partial charge >= 0.3 is 0 Å². The molecule has 6 rings (SSSR count). The predicted molar refractivity (Wildman–Crippen MR) is 187 cm³/mol. The van der Waals surface area contributed by atoms with Crippen LogP contribution in [0.1, 0.15) is 37.1 Å². The van der Waals surface area contributed by atoms with Crippen molar-refractivity contribution in [2.24, 2.45) is 0 Å². The van der Waals surface area contributed by atoms with Gasteiger partial charge in [0.15, 0.2) is 0 Å². The van der Waals surface area contributed by atoms with Gasteiger partial charge in [-0.05, 0) is 19.9 Å². The topological polar surface area (TPSA) is 143 Å². The number of hydrogen-bond donors (Lipinski definition) is 3. The summed E-state index contributed by atoms with van der Waals surface area (Å²) in [6, 6.07) is 11.6. The molecule has 0 saturated carbocycles. The van der Waals surface area contributed by atoms with Crippen molar-refractivity contribution in [3.05, 3.63) is 70.2 Å². The first-order valence-electron chi connectivity index (χ1n) is 16.1. The van der Waals surface area contributed by atoms with Gasteiger partial charge in [0.1, 0.15) is 11.4 Å². The van der Waals surface area contributed by atoms with Crippen LogP contribution < -0.4 is 25.4 Å². The van der Waals surface area contributed by atoms with E-state index in [0.29, 0.717) is 106 Å². The molecule has 2 atom stereocenters. The average Bonchev–Trinajstić information content (AvgIpc) is 3.71. The number of ether oxygens (including phenoxy) is 2. The number of amides is 2. The average molecular weight is 706 g/mol. The molecular weight excluding hydrogens is 667 g/mol. The SMILES string of the molecule is COc1nc(-c2cccc(-c3cccc(-c4cnc(CN(C)C[C@@H]5CCC(=O)N5)c(OC)n4)c3Cl)c2Cl)cnc1CNC[C@@H]1CCC(=O)N1. The summed E-state index contributed by atoms with van der Waals surface area (Å²) in [6.45, 7) is 2.27. The van der Waals surface area contributed by atoms with Crippen LogP contribution in [0.2, 0.25) is 10.0 Å². The molecular formula is C35H38Cl2N8O4. The van der Waals surface area contributed by atoms with Crippen molar-refractivity contribution in [3.63, 3.8) is 0 Å². The van der Waals surface area contributed by atoms with Gasteiger partial charge in [-0.2, -0.15) is 0 Å². The maximum atomic E-state index is 11.6. The Balaban J connectivity index is 1.21. The van der Waals surface area contributed by atoms with Crippen LogP contribution >= 0.6 is 23.2 Å². The van der Waals surface area contributed by atoms with E-state index < -0.39 is 0 Å². The largest absolute Gasteiger partial charge is 0.480 e. The molecule has 0 unspecified atom stereocenters. The number of aromatic nitrogens is 4. The van der Waals surface area contributed by atoms with Crippen molar-refractivity contribution in [1.29, 1.82) is 0 Å². The Morgan fingerprint density at radius 3 is 1.84 bits per heavy atom. The van der Waals surface area contributed by atoms with Gasteiger partial charge < -0.3 is 25.4 Å². The van der Waals surface area contributed by atoms with E-state index in [4.69, 9.17) is 42.6 Å². The number of benzene rings is 2. The normalized spacial score (nSPS) is 17.3. The van der Waals surface area contributed by atoms with E-state index in [9.17, 15) is 9.59 Å². The number of methoxy groups -OCH3 is 2. The summed E-state index contributed by atoms with van der Waals surface area (Å²) in [5, 5.41) is 10.2. The minimum Gasteiger partial charge on any atom is -0.480 e. The molecule has 4 aromatic rings. The lowest BCUT2D eigenvalue weighted by atomic mass is 9.98. The first-order valence-corrected chi connectivity index (χ1v) is 16.9. The zero-order chi connectivity index (χ0) is 34.5. The number of halogens is 2. The summed E-state index contributed by atoms with van der Waals surface area (Å²) < 4.78 is 11.2. The highest BCUT2D eigenvalue weighted by Crippen LogP contribution is 2.42. The number of likely N-dealkylation sites (N-methyl/N-ethyl adjacent to an activating group) is 1. The van der Waals surface area contributed by atoms with Crippen LogP contribution in [0.25, 0.3) is 33.6 Å². The Labute approximate surface area is 295 Å². The first kappa shape index (κ1) is 34.5. The van der Waals surface area contributed by atoms with Crippen molar-refractivity contribution in [2.75, 3.05) is 34.4 Å². The maximum Gasteiger partial charge on any atom is 0.237 e. The van der Waals surface area contributed by atoms with Crippen LogP contribution in [0, 0.1) is 0 Å². The molecule has 2 aliphatic heterocycles. The zero-order valence-electron chi connectivity index (χ0n) is 27.6. The second-order valence-electron chi connectivity index (χ2n) is 12.2. The molecule has 0 bridgehead atoms. The summed E-state index contributed by atoms with van der Waals surface area (Å²) >= 11 is 14.1. The number of carbonyl (C=O) groups excluding carboxylic acids is 2. The van der Waals surface area contributed by atoms with Gasteiger partial charge in [-0.15, -0.1) is 0 Å². The Morgan fingerprint density at radius 1 is 0.796 bits per heavy atom. The molecule has 2 aromatic carbocycles. The fourth-order valence-corrected chi connectivity index (χ4v) is 6.84. The van der Waals surface area contributed by atoms with Gasteiger partial charge in [-0.3, -0.25) is 24.5 Å². The molecule has 2 amide bonds. The molecule has 3 N–H and O–H groups in total. The summed E-state index contributed by atoms with van der Waals surface area (Å²) in [6.07, 6.45) is 6.11. The molecule has 2 saturated heterocycles. The number of hydrogen-bond acceptors (Lipinski definition) is 10. The quantitative estimate of drug-likeness (QED) is 0.180. The summed E-state index contributed by atoms with van der Waals surface area (Å²) in [4.78, 5) is 44.0. The van der Waals surface area contributed by atoms with Crippen molar-refractivity contribution in [2.45, 2.75) is 50.9 Å². The second-order valence-corrected chi connectivity index (χ2v) is 12.9. The Kier molecular flexibility index (Phi) is 10.9. The van der Waals surface area contributed by atoms with Gasteiger partial charge in [0.25, 0.3) is 0 Å². The Morgan fingerprint density at radius 2 is 1.31 bits per heavy atom. The third-order valence-electron chi connectivity index (χ3n) is 8.65. The Hall–Kier alpha value is -4.36. The predicted octanol–water partition coefficient (Wildman–Crippen LogP) is 4.67. The highest BCUT2D eigenvalue weighted by atomic mass is 35.5. The standard InChI is InChI=1S/C35H38Cl2N8O4/c1-45(18-21-11-13-31(47)42-21)19-29-35(49-3)44-27(17-40-29)25-9-5-7-23(33(25)37)22-6-4-8-24(32(22)36)26-16-39-28(34(43-26)48-2)15-38-14-20-10-12-30(46)41-20/h4-9,16-17,20-21,38H,10-15,18-19H2,1-3H3,(H,41,46)(H,42,47)/t20-,21-/m0/s1. The highest BCUT2D eigenvalue weighted by molar-refractivity contribution is 6.39. The molecule has 14 heteroatoms. The summed E-state index contributed by atoms with van der Waals surface area (Å²) in [5.74, 6) is 0.955. The third-order valence-corrected chi connectivity index (χ3v) is 9.47. The molecule has 0 aliphatic carbocycles.